The van der Waals surface area contributed by atoms with E-state index in [0.717, 1.165) is 13.0 Å². The lowest BCUT2D eigenvalue weighted by atomic mass is 9.97. The van der Waals surface area contributed by atoms with Crippen molar-refractivity contribution in [1.29, 1.82) is 0 Å². The smallest absolute Gasteiger partial charge is 0.0414 e. The second-order valence-electron chi connectivity index (χ2n) is 6.42. The molecule has 118 valence electrons. The largest absolute Gasteiger partial charge is 0.371 e. The van der Waals surface area contributed by atoms with Gasteiger partial charge in [-0.05, 0) is 24.5 Å². The molecule has 1 aromatic carbocycles. The molecule has 1 heterocycles. The molecule has 0 aromatic heterocycles. The Morgan fingerprint density at radius 1 is 1.00 bits per heavy atom. The molecule has 2 nitrogen and oxygen atoms in total. The molecule has 0 spiro atoms. The fraction of sp³-hybridized carbons (Fsp3) is 0.684. The number of unbranched alkanes of at least 4 members (excludes halogenated alkanes) is 7. The molecule has 1 aliphatic heterocycles. The van der Waals surface area contributed by atoms with Crippen molar-refractivity contribution in [3.63, 3.8) is 0 Å². The summed E-state index contributed by atoms with van der Waals surface area (Å²) in [4.78, 5) is 2.54. The molecule has 0 aliphatic carbocycles. The number of rotatable bonds is 9. The first kappa shape index (κ1) is 16.4. The number of benzene rings is 1. The fourth-order valence-corrected chi connectivity index (χ4v) is 3.33. The highest BCUT2D eigenvalue weighted by atomic mass is 15.1. The monoisotopic (exact) mass is 288 g/mol. The first-order valence-electron chi connectivity index (χ1n) is 8.92. The van der Waals surface area contributed by atoms with Gasteiger partial charge in [-0.1, -0.05) is 70.1 Å². The minimum Gasteiger partial charge on any atom is -0.371 e. The molecule has 0 radical (unpaired) electrons. The average Bonchev–Trinajstić information content (AvgIpc) is 2.52. The van der Waals surface area contributed by atoms with E-state index in [1.54, 1.807) is 0 Å². The summed E-state index contributed by atoms with van der Waals surface area (Å²) in [7, 11) is 0. The Morgan fingerprint density at radius 2 is 1.67 bits per heavy atom. The van der Waals surface area contributed by atoms with E-state index in [9.17, 15) is 0 Å². The number of fused-ring (bicyclic) bond motifs is 1. The lowest BCUT2D eigenvalue weighted by Crippen LogP contribution is -2.34. The number of nitrogens with zero attached hydrogens (tertiary/aromatic N) is 1. The first-order valence-corrected chi connectivity index (χ1v) is 8.92. The van der Waals surface area contributed by atoms with Crippen molar-refractivity contribution >= 4 is 5.69 Å². The van der Waals surface area contributed by atoms with Crippen LogP contribution in [0.2, 0.25) is 0 Å². The van der Waals surface area contributed by atoms with Crippen LogP contribution in [0.4, 0.5) is 5.69 Å². The molecule has 0 bridgehead atoms. The van der Waals surface area contributed by atoms with Crippen molar-refractivity contribution in [1.82, 2.24) is 0 Å². The minimum absolute atomic E-state index is 0.232. The van der Waals surface area contributed by atoms with E-state index in [2.05, 4.69) is 36.1 Å². The van der Waals surface area contributed by atoms with Gasteiger partial charge in [-0.25, -0.2) is 0 Å². The van der Waals surface area contributed by atoms with E-state index in [4.69, 9.17) is 5.73 Å². The second-order valence-corrected chi connectivity index (χ2v) is 6.42. The van der Waals surface area contributed by atoms with Crippen molar-refractivity contribution in [2.24, 2.45) is 5.73 Å². The number of nitrogens with two attached hydrogens (primary N) is 1. The molecule has 1 unspecified atom stereocenters. The highest BCUT2D eigenvalue weighted by Crippen LogP contribution is 2.32. The summed E-state index contributed by atoms with van der Waals surface area (Å²) in [5, 5.41) is 0. The Kier molecular flexibility index (Phi) is 7.08. The van der Waals surface area contributed by atoms with E-state index < -0.39 is 0 Å². The Hall–Kier alpha value is -1.02. The van der Waals surface area contributed by atoms with Gasteiger partial charge >= 0.3 is 0 Å². The molecule has 2 heteroatoms. The van der Waals surface area contributed by atoms with Gasteiger partial charge in [-0.2, -0.15) is 0 Å². The molecule has 21 heavy (non-hydrogen) atoms. The van der Waals surface area contributed by atoms with Crippen molar-refractivity contribution in [3.8, 4) is 0 Å². The highest BCUT2D eigenvalue weighted by molar-refractivity contribution is 5.56. The van der Waals surface area contributed by atoms with Crippen LogP contribution in [-0.2, 0) is 0 Å². The Labute approximate surface area is 130 Å². The van der Waals surface area contributed by atoms with Crippen molar-refractivity contribution in [3.05, 3.63) is 29.8 Å². The van der Waals surface area contributed by atoms with Gasteiger partial charge in [0, 0.05) is 24.8 Å². The van der Waals surface area contributed by atoms with Crippen LogP contribution in [-0.4, -0.2) is 13.1 Å². The van der Waals surface area contributed by atoms with Gasteiger partial charge in [0.05, 0.1) is 0 Å². The maximum atomic E-state index is 6.22. The number of anilines is 1. The molecular formula is C19H32N2. The summed E-state index contributed by atoms with van der Waals surface area (Å²) in [5.74, 6) is 0. The summed E-state index contributed by atoms with van der Waals surface area (Å²) in [6.07, 6.45) is 12.2. The Bertz CT molecular complexity index is 402. The number of hydrogen-bond acceptors (Lipinski definition) is 2. The standard InChI is InChI=1S/C19H32N2/c1-2-3-4-5-6-7-8-11-15-21-16-14-18(20)17-12-9-10-13-19(17)21/h9-10,12-13,18H,2-8,11,14-16,20H2,1H3. The Morgan fingerprint density at radius 3 is 2.43 bits per heavy atom. The van der Waals surface area contributed by atoms with Crippen LogP contribution < -0.4 is 10.6 Å². The maximum absolute atomic E-state index is 6.22. The highest BCUT2D eigenvalue weighted by Gasteiger charge is 2.21. The summed E-state index contributed by atoms with van der Waals surface area (Å²) in [5.41, 5.74) is 8.93. The van der Waals surface area contributed by atoms with Crippen LogP contribution in [0, 0.1) is 0 Å². The van der Waals surface area contributed by atoms with E-state index in [1.807, 2.05) is 0 Å². The van der Waals surface area contributed by atoms with Crippen molar-refractivity contribution in [2.75, 3.05) is 18.0 Å². The van der Waals surface area contributed by atoms with Gasteiger partial charge in [0.25, 0.3) is 0 Å². The summed E-state index contributed by atoms with van der Waals surface area (Å²) in [6.45, 7) is 4.59. The fourth-order valence-electron chi connectivity index (χ4n) is 3.33. The van der Waals surface area contributed by atoms with Gasteiger partial charge in [-0.15, -0.1) is 0 Å². The van der Waals surface area contributed by atoms with Gasteiger partial charge in [0.15, 0.2) is 0 Å². The zero-order chi connectivity index (χ0) is 14.9. The molecule has 0 saturated carbocycles. The van der Waals surface area contributed by atoms with Crippen molar-refractivity contribution < 1.29 is 0 Å². The third-order valence-corrected chi connectivity index (χ3v) is 4.67. The second kappa shape index (κ2) is 9.09. The number of hydrogen-bond donors (Lipinski definition) is 1. The predicted molar refractivity (Wildman–Crippen MR) is 92.8 cm³/mol. The van der Waals surface area contributed by atoms with Crippen LogP contribution in [0.1, 0.15) is 76.3 Å². The topological polar surface area (TPSA) is 29.3 Å². The van der Waals surface area contributed by atoms with Crippen LogP contribution in [0.15, 0.2) is 24.3 Å². The molecule has 0 saturated heterocycles. The molecule has 1 atom stereocenters. The normalized spacial score (nSPS) is 17.8. The van der Waals surface area contributed by atoms with Crippen LogP contribution in [0.3, 0.4) is 0 Å². The molecule has 2 N–H and O–H groups in total. The quantitative estimate of drug-likeness (QED) is 0.645. The zero-order valence-electron chi connectivity index (χ0n) is 13.7. The Balaban J connectivity index is 1.66. The minimum atomic E-state index is 0.232. The SMILES string of the molecule is CCCCCCCCCCN1CCC(N)c2ccccc21. The van der Waals surface area contributed by atoms with Gasteiger partial charge in [0.2, 0.25) is 0 Å². The molecule has 1 aromatic rings. The van der Waals surface area contributed by atoms with Crippen LogP contribution >= 0.6 is 0 Å². The molecular weight excluding hydrogens is 256 g/mol. The molecule has 1 aliphatic rings. The van der Waals surface area contributed by atoms with Crippen LogP contribution in [0.25, 0.3) is 0 Å². The van der Waals surface area contributed by atoms with E-state index >= 15 is 0 Å². The van der Waals surface area contributed by atoms with Gasteiger partial charge in [0.1, 0.15) is 0 Å². The first-order chi connectivity index (χ1) is 10.3. The van der Waals surface area contributed by atoms with Gasteiger partial charge < -0.3 is 10.6 Å². The van der Waals surface area contributed by atoms with Crippen LogP contribution in [0.5, 0.6) is 0 Å². The lowest BCUT2D eigenvalue weighted by molar-refractivity contribution is 0.550. The van der Waals surface area contributed by atoms with Crippen molar-refractivity contribution in [2.45, 2.75) is 70.8 Å². The van der Waals surface area contributed by atoms with E-state index in [-0.39, 0.29) is 6.04 Å². The third kappa shape index (κ3) is 5.03. The molecule has 2 rings (SSSR count). The lowest BCUT2D eigenvalue weighted by Gasteiger charge is -2.34. The number of para-hydroxylation sites is 1. The summed E-state index contributed by atoms with van der Waals surface area (Å²) < 4.78 is 0. The maximum Gasteiger partial charge on any atom is 0.0414 e. The molecule has 0 fully saturated rings. The third-order valence-electron chi connectivity index (χ3n) is 4.67. The average molecular weight is 288 g/mol. The summed E-state index contributed by atoms with van der Waals surface area (Å²) >= 11 is 0. The molecule has 0 amide bonds. The predicted octanol–water partition coefficient (Wildman–Crippen LogP) is 5.04. The zero-order valence-corrected chi connectivity index (χ0v) is 13.7. The van der Waals surface area contributed by atoms with E-state index in [1.165, 1.54) is 69.2 Å². The van der Waals surface area contributed by atoms with E-state index in [0.29, 0.717) is 0 Å². The summed E-state index contributed by atoms with van der Waals surface area (Å²) in [6, 6.07) is 8.91. The van der Waals surface area contributed by atoms with Gasteiger partial charge in [-0.3, -0.25) is 0 Å².